The number of hydrogen-bond donors (Lipinski definition) is 1. The molecule has 6 nitrogen and oxygen atoms in total. The van der Waals surface area contributed by atoms with Crippen LogP contribution in [0.15, 0.2) is 30.3 Å². The Morgan fingerprint density at radius 2 is 1.69 bits per heavy atom. The molecule has 0 saturated heterocycles. The van der Waals surface area contributed by atoms with Crippen molar-refractivity contribution in [3.63, 3.8) is 0 Å². The molecule has 0 saturated carbocycles. The summed E-state index contributed by atoms with van der Waals surface area (Å²) in [6.07, 6.45) is 1.99. The van der Waals surface area contributed by atoms with Gasteiger partial charge in [0.05, 0.1) is 0 Å². The summed E-state index contributed by atoms with van der Waals surface area (Å²) in [7, 11) is 1.62. The summed E-state index contributed by atoms with van der Waals surface area (Å²) in [4.78, 5) is 39.5. The predicted octanol–water partition coefficient (Wildman–Crippen LogP) is 3.34. The third-order valence-electron chi connectivity index (χ3n) is 4.74. The minimum Gasteiger partial charge on any atom is -0.458 e. The average Bonchev–Trinajstić information content (AvgIpc) is 2.65. The van der Waals surface area contributed by atoms with Crippen molar-refractivity contribution in [2.75, 3.05) is 7.05 Å². The summed E-state index contributed by atoms with van der Waals surface area (Å²) in [5.74, 6) is -1.09. The van der Waals surface area contributed by atoms with E-state index in [2.05, 4.69) is 5.32 Å². The van der Waals surface area contributed by atoms with E-state index in [1.807, 2.05) is 44.2 Å². The van der Waals surface area contributed by atoms with Gasteiger partial charge >= 0.3 is 5.97 Å². The summed E-state index contributed by atoms with van der Waals surface area (Å²) < 4.78 is 5.50. The van der Waals surface area contributed by atoms with Gasteiger partial charge < -0.3 is 15.0 Å². The molecule has 29 heavy (non-hydrogen) atoms. The van der Waals surface area contributed by atoms with Crippen LogP contribution < -0.4 is 5.32 Å². The Labute approximate surface area is 175 Å². The lowest BCUT2D eigenvalue weighted by atomic mass is 10.0. The average molecular weight is 405 g/mol. The van der Waals surface area contributed by atoms with Gasteiger partial charge in [-0.1, -0.05) is 50.6 Å². The highest BCUT2D eigenvalue weighted by Crippen LogP contribution is 2.14. The second-order valence-corrected chi connectivity index (χ2v) is 8.60. The summed E-state index contributed by atoms with van der Waals surface area (Å²) in [6, 6.07) is 7.93. The maximum Gasteiger partial charge on any atom is 0.329 e. The first-order chi connectivity index (χ1) is 13.5. The van der Waals surface area contributed by atoms with E-state index < -0.39 is 23.7 Å². The van der Waals surface area contributed by atoms with Crippen LogP contribution in [-0.4, -0.2) is 47.4 Å². The van der Waals surface area contributed by atoms with Crippen LogP contribution in [0, 0.1) is 5.92 Å². The fraction of sp³-hybridized carbons (Fsp3) is 0.609. The van der Waals surface area contributed by atoms with E-state index in [9.17, 15) is 14.4 Å². The summed E-state index contributed by atoms with van der Waals surface area (Å²) >= 11 is 0. The molecule has 6 heteroatoms. The Morgan fingerprint density at radius 3 is 2.21 bits per heavy atom. The zero-order valence-corrected chi connectivity index (χ0v) is 18.8. The number of hydrogen-bond acceptors (Lipinski definition) is 4. The van der Waals surface area contributed by atoms with Crippen molar-refractivity contribution in [1.82, 2.24) is 10.2 Å². The lowest BCUT2D eigenvalue weighted by Crippen LogP contribution is -2.53. The molecule has 0 unspecified atom stereocenters. The Morgan fingerprint density at radius 1 is 1.10 bits per heavy atom. The number of esters is 1. The van der Waals surface area contributed by atoms with Crippen molar-refractivity contribution in [3.8, 4) is 0 Å². The SMILES string of the molecule is CCC[C@H](C)C(=O)N(C)[C@H](C)C(=O)N[C@H](Cc1ccccc1)C(=O)OC(C)(C)C. The number of benzene rings is 1. The first-order valence-electron chi connectivity index (χ1n) is 10.3. The van der Waals surface area contributed by atoms with E-state index in [0.29, 0.717) is 6.42 Å². The molecule has 0 aliphatic heterocycles. The number of carbonyl (C=O) groups is 3. The van der Waals surface area contributed by atoms with Crippen molar-refractivity contribution in [3.05, 3.63) is 35.9 Å². The topological polar surface area (TPSA) is 75.7 Å². The molecule has 0 bridgehead atoms. The molecule has 0 aromatic heterocycles. The predicted molar refractivity (Wildman–Crippen MR) is 114 cm³/mol. The van der Waals surface area contributed by atoms with E-state index in [1.165, 1.54) is 4.90 Å². The molecule has 1 N–H and O–H groups in total. The van der Waals surface area contributed by atoms with Gasteiger partial charge in [-0.15, -0.1) is 0 Å². The number of carbonyl (C=O) groups excluding carboxylic acids is 3. The standard InChI is InChI=1S/C23H36N2O4/c1-8-12-16(2)21(27)25(7)17(3)20(26)24-19(22(28)29-23(4,5)6)15-18-13-10-9-11-14-18/h9-11,13-14,16-17,19H,8,12,15H2,1-7H3,(H,24,26)/t16-,17+,19+/m0/s1. The molecule has 0 heterocycles. The van der Waals surface area contributed by atoms with E-state index >= 15 is 0 Å². The number of ether oxygens (including phenoxy) is 1. The lowest BCUT2D eigenvalue weighted by Gasteiger charge is -2.29. The molecule has 0 spiro atoms. The van der Waals surface area contributed by atoms with Gasteiger partial charge in [0.15, 0.2) is 0 Å². The van der Waals surface area contributed by atoms with Crippen LogP contribution in [0.3, 0.4) is 0 Å². The Kier molecular flexibility index (Phi) is 9.34. The number of nitrogens with one attached hydrogen (secondary N) is 1. The van der Waals surface area contributed by atoms with Crippen LogP contribution in [0.2, 0.25) is 0 Å². The number of rotatable bonds is 9. The number of likely N-dealkylation sites (N-methyl/N-ethyl adjacent to an activating group) is 1. The van der Waals surface area contributed by atoms with Crippen LogP contribution in [0.25, 0.3) is 0 Å². The van der Waals surface area contributed by atoms with Gasteiger partial charge in [-0.25, -0.2) is 4.79 Å². The minimum atomic E-state index is -0.830. The molecule has 2 amide bonds. The Hall–Kier alpha value is -2.37. The zero-order chi connectivity index (χ0) is 22.2. The third-order valence-corrected chi connectivity index (χ3v) is 4.74. The molecule has 1 rings (SSSR count). The van der Waals surface area contributed by atoms with Crippen molar-refractivity contribution in [2.45, 2.75) is 78.5 Å². The fourth-order valence-electron chi connectivity index (χ4n) is 2.98. The third kappa shape index (κ3) is 8.26. The maximum absolute atomic E-state index is 12.8. The van der Waals surface area contributed by atoms with Gasteiger partial charge in [0.1, 0.15) is 17.7 Å². The number of amides is 2. The van der Waals surface area contributed by atoms with Crippen molar-refractivity contribution >= 4 is 17.8 Å². The second-order valence-electron chi connectivity index (χ2n) is 8.60. The maximum atomic E-state index is 12.8. The van der Waals surface area contributed by atoms with E-state index in [0.717, 1.165) is 18.4 Å². The van der Waals surface area contributed by atoms with Gasteiger partial charge in [-0.3, -0.25) is 9.59 Å². The highest BCUT2D eigenvalue weighted by atomic mass is 16.6. The molecule has 1 aromatic carbocycles. The van der Waals surface area contributed by atoms with Crippen LogP contribution in [0.1, 0.15) is 59.9 Å². The molecule has 3 atom stereocenters. The zero-order valence-electron chi connectivity index (χ0n) is 18.8. The summed E-state index contributed by atoms with van der Waals surface area (Å²) in [5, 5.41) is 2.79. The smallest absolute Gasteiger partial charge is 0.329 e. The molecular weight excluding hydrogens is 368 g/mol. The minimum absolute atomic E-state index is 0.0774. The molecule has 0 aliphatic carbocycles. The van der Waals surface area contributed by atoms with Crippen LogP contribution in [-0.2, 0) is 25.5 Å². The van der Waals surface area contributed by atoms with Crippen molar-refractivity contribution in [2.24, 2.45) is 5.92 Å². The highest BCUT2D eigenvalue weighted by molar-refractivity contribution is 5.91. The number of nitrogens with zero attached hydrogens (tertiary/aromatic N) is 1. The van der Waals surface area contributed by atoms with Crippen molar-refractivity contribution in [1.29, 1.82) is 0 Å². The van der Waals surface area contributed by atoms with Crippen molar-refractivity contribution < 1.29 is 19.1 Å². The normalized spacial score (nSPS) is 14.4. The molecule has 0 fully saturated rings. The Bertz CT molecular complexity index is 682. The van der Waals surface area contributed by atoms with Gasteiger partial charge in [-0.2, -0.15) is 0 Å². The largest absolute Gasteiger partial charge is 0.458 e. The van der Waals surface area contributed by atoms with Gasteiger partial charge in [0.25, 0.3) is 0 Å². The quantitative estimate of drug-likeness (QED) is 0.641. The van der Waals surface area contributed by atoms with E-state index in [1.54, 1.807) is 34.7 Å². The second kappa shape index (κ2) is 11.0. The van der Waals surface area contributed by atoms with Gasteiger partial charge in [-0.05, 0) is 39.7 Å². The molecule has 162 valence electrons. The van der Waals surface area contributed by atoms with E-state index in [-0.39, 0.29) is 17.7 Å². The van der Waals surface area contributed by atoms with Gasteiger partial charge in [0, 0.05) is 19.4 Å². The molecule has 0 radical (unpaired) electrons. The highest BCUT2D eigenvalue weighted by Gasteiger charge is 2.31. The van der Waals surface area contributed by atoms with Crippen LogP contribution in [0.5, 0.6) is 0 Å². The van der Waals surface area contributed by atoms with E-state index in [4.69, 9.17) is 4.74 Å². The first kappa shape index (κ1) is 24.7. The van der Waals surface area contributed by atoms with Crippen LogP contribution in [0.4, 0.5) is 0 Å². The lowest BCUT2D eigenvalue weighted by molar-refractivity contribution is -0.159. The summed E-state index contributed by atoms with van der Waals surface area (Å²) in [6.45, 7) is 10.9. The summed E-state index contributed by atoms with van der Waals surface area (Å²) in [5.41, 5.74) is 0.252. The first-order valence-corrected chi connectivity index (χ1v) is 10.3. The van der Waals surface area contributed by atoms with Gasteiger partial charge in [0.2, 0.25) is 11.8 Å². The monoisotopic (exact) mass is 404 g/mol. The van der Waals surface area contributed by atoms with Crippen LogP contribution >= 0.6 is 0 Å². The molecule has 0 aliphatic rings. The molecular formula is C23H36N2O4. The molecule has 1 aromatic rings. The Balaban J connectivity index is 2.91. The fourth-order valence-corrected chi connectivity index (χ4v) is 2.98.